The molecule has 1 nitrogen and oxygen atoms in total. The molecule has 4 heteroatoms. The summed E-state index contributed by atoms with van der Waals surface area (Å²) >= 11 is 6.20. The highest BCUT2D eigenvalue weighted by molar-refractivity contribution is 6.21. The van der Waals surface area contributed by atoms with Crippen molar-refractivity contribution in [3.8, 4) is 0 Å². The van der Waals surface area contributed by atoms with Gasteiger partial charge < -0.3 is 4.90 Å². The van der Waals surface area contributed by atoms with Crippen molar-refractivity contribution in [1.82, 2.24) is 4.90 Å². The molecule has 1 aromatic carbocycles. The number of halogens is 3. The molecule has 1 aliphatic rings. The van der Waals surface area contributed by atoms with E-state index in [0.717, 1.165) is 44.0 Å². The van der Waals surface area contributed by atoms with Gasteiger partial charge in [-0.1, -0.05) is 6.92 Å². The van der Waals surface area contributed by atoms with Gasteiger partial charge in [-0.3, -0.25) is 0 Å². The Balaban J connectivity index is 1.98. The smallest absolute Gasteiger partial charge is 0.128 e. The van der Waals surface area contributed by atoms with E-state index in [0.29, 0.717) is 6.54 Å². The third kappa shape index (κ3) is 3.42. The number of hydrogen-bond donors (Lipinski definition) is 0. The van der Waals surface area contributed by atoms with Crippen LogP contribution in [0.5, 0.6) is 0 Å². The Morgan fingerprint density at radius 1 is 1.33 bits per heavy atom. The number of benzene rings is 1. The number of alkyl halides is 1. The van der Waals surface area contributed by atoms with E-state index >= 15 is 0 Å². The van der Waals surface area contributed by atoms with Crippen LogP contribution in [-0.4, -0.2) is 24.5 Å². The van der Waals surface area contributed by atoms with Crippen molar-refractivity contribution in [2.45, 2.75) is 25.1 Å². The van der Waals surface area contributed by atoms with Gasteiger partial charge in [-0.2, -0.15) is 0 Å². The van der Waals surface area contributed by atoms with E-state index in [1.165, 1.54) is 6.07 Å². The second kappa shape index (κ2) is 5.98. The van der Waals surface area contributed by atoms with Crippen LogP contribution in [0.25, 0.3) is 0 Å². The lowest BCUT2D eigenvalue weighted by Gasteiger charge is -2.31. The molecular formula is C14H18ClF2N. The molecule has 0 spiro atoms. The van der Waals surface area contributed by atoms with Crippen LogP contribution in [0, 0.1) is 17.6 Å². The molecule has 0 bridgehead atoms. The van der Waals surface area contributed by atoms with Gasteiger partial charge in [-0.05, 0) is 50.0 Å². The molecule has 0 N–H and O–H groups in total. The van der Waals surface area contributed by atoms with Crippen LogP contribution in [-0.2, 0) is 0 Å². The van der Waals surface area contributed by atoms with Gasteiger partial charge in [0.1, 0.15) is 11.6 Å². The molecular weight excluding hydrogens is 256 g/mol. The number of rotatable bonds is 3. The van der Waals surface area contributed by atoms with Gasteiger partial charge in [0.2, 0.25) is 0 Å². The van der Waals surface area contributed by atoms with E-state index in [4.69, 9.17) is 11.6 Å². The first-order valence-electron chi connectivity index (χ1n) is 6.37. The molecule has 100 valence electrons. The summed E-state index contributed by atoms with van der Waals surface area (Å²) in [4.78, 5) is 2.22. The summed E-state index contributed by atoms with van der Waals surface area (Å²) in [6, 6.07) is 3.45. The SMILES string of the molecule is CC1CCN(CC(Cl)c2cc(F)ccc2F)CC1. The lowest BCUT2D eigenvalue weighted by molar-refractivity contribution is 0.192. The summed E-state index contributed by atoms with van der Waals surface area (Å²) < 4.78 is 26.7. The lowest BCUT2D eigenvalue weighted by atomic mass is 9.99. The van der Waals surface area contributed by atoms with Crippen molar-refractivity contribution < 1.29 is 8.78 Å². The molecule has 1 aromatic rings. The van der Waals surface area contributed by atoms with E-state index in [9.17, 15) is 8.78 Å². The first-order valence-corrected chi connectivity index (χ1v) is 6.81. The number of hydrogen-bond acceptors (Lipinski definition) is 1. The highest BCUT2D eigenvalue weighted by atomic mass is 35.5. The second-order valence-electron chi connectivity index (χ2n) is 5.12. The van der Waals surface area contributed by atoms with Crippen LogP contribution in [0.2, 0.25) is 0 Å². The molecule has 0 saturated carbocycles. The summed E-state index contributed by atoms with van der Waals surface area (Å²) in [6.45, 7) is 4.79. The number of piperidine rings is 1. The Labute approximate surface area is 112 Å². The minimum Gasteiger partial charge on any atom is -0.302 e. The Morgan fingerprint density at radius 2 is 2.00 bits per heavy atom. The van der Waals surface area contributed by atoms with E-state index in [1.807, 2.05) is 0 Å². The Bertz CT molecular complexity index is 403. The van der Waals surface area contributed by atoms with Crippen LogP contribution in [0.1, 0.15) is 30.7 Å². The fourth-order valence-electron chi connectivity index (χ4n) is 2.32. The van der Waals surface area contributed by atoms with Gasteiger partial charge in [0.05, 0.1) is 5.38 Å². The zero-order valence-electron chi connectivity index (χ0n) is 10.5. The topological polar surface area (TPSA) is 3.24 Å². The molecule has 0 amide bonds. The molecule has 1 aliphatic heterocycles. The van der Waals surface area contributed by atoms with Gasteiger partial charge >= 0.3 is 0 Å². The van der Waals surface area contributed by atoms with Crippen molar-refractivity contribution in [2.75, 3.05) is 19.6 Å². The van der Waals surface area contributed by atoms with Crippen molar-refractivity contribution >= 4 is 11.6 Å². The predicted octanol–water partition coefficient (Wildman–Crippen LogP) is 3.98. The minimum atomic E-state index is -0.492. The number of likely N-dealkylation sites (tertiary alicyclic amines) is 1. The zero-order chi connectivity index (χ0) is 13.1. The van der Waals surface area contributed by atoms with Crippen LogP contribution in [0.3, 0.4) is 0 Å². The highest BCUT2D eigenvalue weighted by Gasteiger charge is 2.21. The van der Waals surface area contributed by atoms with Crippen molar-refractivity contribution in [3.63, 3.8) is 0 Å². The first kappa shape index (κ1) is 13.8. The zero-order valence-corrected chi connectivity index (χ0v) is 11.3. The Morgan fingerprint density at radius 3 is 2.67 bits per heavy atom. The number of nitrogens with zero attached hydrogens (tertiary/aromatic N) is 1. The van der Waals surface area contributed by atoms with Gasteiger partial charge in [0.15, 0.2) is 0 Å². The summed E-state index contributed by atoms with van der Waals surface area (Å²) in [5, 5.41) is -0.492. The second-order valence-corrected chi connectivity index (χ2v) is 5.64. The standard InChI is InChI=1S/C14H18ClF2N/c1-10-4-6-18(7-5-10)9-13(15)12-8-11(16)2-3-14(12)17/h2-3,8,10,13H,4-7,9H2,1H3. The van der Waals surface area contributed by atoms with Crippen LogP contribution in [0.4, 0.5) is 8.78 Å². The van der Waals surface area contributed by atoms with Crippen molar-refractivity contribution in [2.24, 2.45) is 5.92 Å². The summed E-state index contributed by atoms with van der Waals surface area (Å²) in [5.41, 5.74) is 0.260. The van der Waals surface area contributed by atoms with Gasteiger partial charge in [-0.25, -0.2) is 8.78 Å². The maximum atomic E-state index is 13.6. The van der Waals surface area contributed by atoms with Gasteiger partial charge in [0.25, 0.3) is 0 Å². The Hall–Kier alpha value is -0.670. The molecule has 0 radical (unpaired) electrons. The van der Waals surface area contributed by atoms with Crippen LogP contribution >= 0.6 is 11.6 Å². The van der Waals surface area contributed by atoms with Crippen LogP contribution in [0.15, 0.2) is 18.2 Å². The maximum absolute atomic E-state index is 13.6. The lowest BCUT2D eigenvalue weighted by Crippen LogP contribution is -2.35. The van der Waals surface area contributed by atoms with Crippen LogP contribution < -0.4 is 0 Å². The maximum Gasteiger partial charge on any atom is 0.128 e. The van der Waals surface area contributed by atoms with E-state index in [1.54, 1.807) is 0 Å². The molecule has 18 heavy (non-hydrogen) atoms. The average Bonchev–Trinajstić information content (AvgIpc) is 2.35. The molecule has 1 saturated heterocycles. The molecule has 1 atom stereocenters. The molecule has 1 unspecified atom stereocenters. The normalized spacial score (nSPS) is 20.0. The van der Waals surface area contributed by atoms with E-state index in [2.05, 4.69) is 11.8 Å². The average molecular weight is 274 g/mol. The highest BCUT2D eigenvalue weighted by Crippen LogP contribution is 2.27. The predicted molar refractivity (Wildman–Crippen MR) is 69.8 cm³/mol. The van der Waals surface area contributed by atoms with E-state index in [-0.39, 0.29) is 5.56 Å². The minimum absolute atomic E-state index is 0.260. The fourth-order valence-corrected chi connectivity index (χ4v) is 2.69. The molecule has 1 heterocycles. The quantitative estimate of drug-likeness (QED) is 0.753. The molecule has 0 aliphatic carbocycles. The summed E-state index contributed by atoms with van der Waals surface area (Å²) in [5.74, 6) is -0.118. The first-order chi connectivity index (χ1) is 8.56. The molecule has 2 rings (SSSR count). The third-order valence-corrected chi connectivity index (χ3v) is 3.96. The Kier molecular flexibility index (Phi) is 4.57. The summed E-state index contributed by atoms with van der Waals surface area (Å²) in [6.07, 6.45) is 2.30. The van der Waals surface area contributed by atoms with Crippen molar-refractivity contribution in [3.05, 3.63) is 35.4 Å². The van der Waals surface area contributed by atoms with E-state index < -0.39 is 17.0 Å². The van der Waals surface area contributed by atoms with Gasteiger partial charge in [-0.15, -0.1) is 11.6 Å². The molecule has 0 aromatic heterocycles. The fraction of sp³-hybridized carbons (Fsp3) is 0.571. The largest absolute Gasteiger partial charge is 0.302 e. The summed E-state index contributed by atoms with van der Waals surface area (Å²) in [7, 11) is 0. The van der Waals surface area contributed by atoms with Crippen molar-refractivity contribution in [1.29, 1.82) is 0 Å². The molecule has 1 fully saturated rings. The third-order valence-electron chi connectivity index (χ3n) is 3.59. The van der Waals surface area contributed by atoms with Gasteiger partial charge in [0, 0.05) is 12.1 Å². The monoisotopic (exact) mass is 273 g/mol.